The molecule has 0 aliphatic rings. The number of halogens is 1. The largest absolute Gasteiger partial charge is 0.497 e. The molecule has 3 nitrogen and oxygen atoms in total. The van der Waals surface area contributed by atoms with Crippen LogP contribution in [0, 0.1) is 0 Å². The van der Waals surface area contributed by atoms with Crippen molar-refractivity contribution in [3.63, 3.8) is 0 Å². The van der Waals surface area contributed by atoms with Crippen LogP contribution in [-0.2, 0) is 0 Å². The molecule has 3 rings (SSSR count). The lowest BCUT2D eigenvalue weighted by Gasteiger charge is -2.08. The van der Waals surface area contributed by atoms with Crippen molar-refractivity contribution in [1.82, 2.24) is 9.55 Å². The summed E-state index contributed by atoms with van der Waals surface area (Å²) in [6, 6.07) is 7.96. The van der Waals surface area contributed by atoms with Crippen LogP contribution in [0.5, 0.6) is 5.75 Å². The summed E-state index contributed by atoms with van der Waals surface area (Å²) in [6.07, 6.45) is 0. The lowest BCUT2D eigenvalue weighted by molar-refractivity contribution is 0.415. The number of benzene rings is 1. The van der Waals surface area contributed by atoms with E-state index >= 15 is 0 Å². The maximum absolute atomic E-state index is 6.26. The minimum Gasteiger partial charge on any atom is -0.497 e. The third kappa shape index (κ3) is 2.11. The number of thiophene rings is 1. The summed E-state index contributed by atoms with van der Waals surface area (Å²) in [5.74, 6) is 1.65. The molecule has 0 fully saturated rings. The Hall–Kier alpha value is -1.52. The van der Waals surface area contributed by atoms with Crippen molar-refractivity contribution in [2.45, 2.75) is 12.3 Å². The van der Waals surface area contributed by atoms with E-state index in [2.05, 4.69) is 21.0 Å². The normalized spacial score (nSPS) is 12.8. The van der Waals surface area contributed by atoms with E-state index in [1.54, 1.807) is 18.4 Å². The van der Waals surface area contributed by atoms with Gasteiger partial charge >= 0.3 is 0 Å². The van der Waals surface area contributed by atoms with Crippen LogP contribution in [0.3, 0.4) is 0 Å². The number of hydrogen-bond donors (Lipinski definition) is 0. The molecule has 0 saturated heterocycles. The van der Waals surface area contributed by atoms with Crippen molar-refractivity contribution >= 4 is 34.0 Å². The van der Waals surface area contributed by atoms with Crippen LogP contribution < -0.4 is 4.74 Å². The zero-order valence-corrected chi connectivity index (χ0v) is 12.2. The Bertz CT molecular complexity index is 704. The average molecular weight is 293 g/mol. The van der Waals surface area contributed by atoms with Crippen LogP contribution >= 0.6 is 22.9 Å². The van der Waals surface area contributed by atoms with Crippen molar-refractivity contribution < 1.29 is 4.74 Å². The van der Waals surface area contributed by atoms with Crippen LogP contribution in [0.15, 0.2) is 35.0 Å². The van der Waals surface area contributed by atoms with E-state index in [9.17, 15) is 0 Å². The Kier molecular flexibility index (Phi) is 3.21. The van der Waals surface area contributed by atoms with Gasteiger partial charge in [-0.1, -0.05) is 0 Å². The van der Waals surface area contributed by atoms with E-state index in [1.165, 1.54) is 0 Å². The first-order valence-corrected chi connectivity index (χ1v) is 7.31. The molecule has 1 unspecified atom stereocenters. The summed E-state index contributed by atoms with van der Waals surface area (Å²) in [6.45, 7) is 1.93. The lowest BCUT2D eigenvalue weighted by Crippen LogP contribution is -2.00. The highest BCUT2D eigenvalue weighted by molar-refractivity contribution is 7.08. The molecule has 0 aliphatic heterocycles. The van der Waals surface area contributed by atoms with Gasteiger partial charge in [-0.15, -0.1) is 11.6 Å². The number of rotatable bonds is 3. The van der Waals surface area contributed by atoms with Crippen molar-refractivity contribution in [3.05, 3.63) is 40.8 Å². The van der Waals surface area contributed by atoms with Gasteiger partial charge in [-0.25, -0.2) is 4.98 Å². The van der Waals surface area contributed by atoms with Gasteiger partial charge in [0.2, 0.25) is 0 Å². The summed E-state index contributed by atoms with van der Waals surface area (Å²) >= 11 is 7.92. The Balaban J connectivity index is 2.31. The Morgan fingerprint density at radius 1 is 1.37 bits per heavy atom. The fourth-order valence-electron chi connectivity index (χ4n) is 2.13. The Labute approximate surface area is 120 Å². The average Bonchev–Trinajstić information content (AvgIpc) is 3.03. The van der Waals surface area contributed by atoms with Crippen LogP contribution in [-0.4, -0.2) is 16.7 Å². The zero-order valence-electron chi connectivity index (χ0n) is 10.6. The molecular weight excluding hydrogens is 280 g/mol. The monoisotopic (exact) mass is 292 g/mol. The van der Waals surface area contributed by atoms with Gasteiger partial charge in [0.1, 0.15) is 11.6 Å². The number of imidazole rings is 1. The maximum atomic E-state index is 6.26. The van der Waals surface area contributed by atoms with E-state index in [0.29, 0.717) is 0 Å². The van der Waals surface area contributed by atoms with E-state index in [4.69, 9.17) is 16.3 Å². The maximum Gasteiger partial charge on any atom is 0.132 e. The van der Waals surface area contributed by atoms with Crippen LogP contribution in [0.1, 0.15) is 18.1 Å². The lowest BCUT2D eigenvalue weighted by atomic mass is 10.3. The minimum atomic E-state index is -0.154. The highest BCUT2D eigenvalue weighted by Gasteiger charge is 2.16. The van der Waals surface area contributed by atoms with Gasteiger partial charge < -0.3 is 4.74 Å². The fraction of sp³-hybridized carbons (Fsp3) is 0.214. The summed E-state index contributed by atoms with van der Waals surface area (Å²) in [5, 5.41) is 3.99. The van der Waals surface area contributed by atoms with Crippen LogP contribution in [0.4, 0.5) is 0 Å². The topological polar surface area (TPSA) is 27.1 Å². The van der Waals surface area contributed by atoms with Gasteiger partial charge in [-0.05, 0) is 30.5 Å². The number of hydrogen-bond acceptors (Lipinski definition) is 3. The summed E-state index contributed by atoms with van der Waals surface area (Å²) in [4.78, 5) is 4.63. The van der Waals surface area contributed by atoms with Crippen molar-refractivity contribution in [2.75, 3.05) is 7.11 Å². The van der Waals surface area contributed by atoms with Gasteiger partial charge in [-0.3, -0.25) is 4.57 Å². The molecule has 5 heteroatoms. The molecule has 0 N–H and O–H groups in total. The molecule has 0 spiro atoms. The predicted molar refractivity (Wildman–Crippen MR) is 79.8 cm³/mol. The molecule has 3 aromatic rings. The standard InChI is InChI=1S/C14H13ClN2OS/c1-9(15)14-16-12-7-11(18-2)3-4-13(12)17(14)10-5-6-19-8-10/h3-9H,1-2H3. The number of aromatic nitrogens is 2. The molecule has 0 bridgehead atoms. The molecule has 19 heavy (non-hydrogen) atoms. The number of nitrogens with zero attached hydrogens (tertiary/aromatic N) is 2. The van der Waals surface area contributed by atoms with Gasteiger partial charge in [0.15, 0.2) is 0 Å². The Morgan fingerprint density at radius 2 is 2.21 bits per heavy atom. The number of ether oxygens (including phenoxy) is 1. The third-order valence-electron chi connectivity index (χ3n) is 3.01. The molecule has 0 aliphatic carbocycles. The quantitative estimate of drug-likeness (QED) is 0.669. The molecule has 0 amide bonds. The molecule has 1 aromatic carbocycles. The molecule has 0 radical (unpaired) electrons. The molecule has 98 valence electrons. The van der Waals surface area contributed by atoms with Crippen LogP contribution in [0.2, 0.25) is 0 Å². The first kappa shape index (κ1) is 12.5. The van der Waals surface area contributed by atoms with E-state index in [-0.39, 0.29) is 5.38 Å². The first-order valence-electron chi connectivity index (χ1n) is 5.93. The van der Waals surface area contributed by atoms with Crippen molar-refractivity contribution in [1.29, 1.82) is 0 Å². The second-order valence-corrected chi connectivity index (χ2v) is 5.69. The number of fused-ring (bicyclic) bond motifs is 1. The zero-order chi connectivity index (χ0) is 13.4. The van der Waals surface area contributed by atoms with Gasteiger partial charge in [0, 0.05) is 11.4 Å². The second kappa shape index (κ2) is 4.87. The summed E-state index contributed by atoms with van der Waals surface area (Å²) < 4.78 is 7.34. The predicted octanol–water partition coefficient (Wildman–Crippen LogP) is 4.40. The molecule has 2 heterocycles. The fourth-order valence-corrected chi connectivity index (χ4v) is 2.89. The van der Waals surface area contributed by atoms with Crippen molar-refractivity contribution in [2.24, 2.45) is 0 Å². The second-order valence-electron chi connectivity index (χ2n) is 4.26. The summed E-state index contributed by atoms with van der Waals surface area (Å²) in [7, 11) is 1.65. The molecule has 0 saturated carbocycles. The highest BCUT2D eigenvalue weighted by Crippen LogP contribution is 2.30. The van der Waals surface area contributed by atoms with E-state index in [1.807, 2.05) is 30.5 Å². The highest BCUT2D eigenvalue weighted by atomic mass is 35.5. The first-order chi connectivity index (χ1) is 9.20. The van der Waals surface area contributed by atoms with Crippen molar-refractivity contribution in [3.8, 4) is 11.4 Å². The number of alkyl halides is 1. The number of methoxy groups -OCH3 is 1. The third-order valence-corrected chi connectivity index (χ3v) is 3.87. The van der Waals surface area contributed by atoms with Gasteiger partial charge in [0.05, 0.1) is 29.2 Å². The SMILES string of the molecule is COc1ccc2c(c1)nc(C(C)Cl)n2-c1ccsc1. The molecular formula is C14H13ClN2OS. The summed E-state index contributed by atoms with van der Waals surface area (Å²) in [5.41, 5.74) is 3.04. The molecule has 1 atom stereocenters. The molecule has 2 aromatic heterocycles. The van der Waals surface area contributed by atoms with Gasteiger partial charge in [-0.2, -0.15) is 11.3 Å². The smallest absolute Gasteiger partial charge is 0.132 e. The van der Waals surface area contributed by atoms with E-state index < -0.39 is 0 Å². The Morgan fingerprint density at radius 3 is 2.84 bits per heavy atom. The van der Waals surface area contributed by atoms with Gasteiger partial charge in [0.25, 0.3) is 0 Å². The van der Waals surface area contributed by atoms with Crippen LogP contribution in [0.25, 0.3) is 16.7 Å². The minimum absolute atomic E-state index is 0.154. The van der Waals surface area contributed by atoms with E-state index in [0.717, 1.165) is 28.3 Å².